The molecule has 1 aliphatic heterocycles. The summed E-state index contributed by atoms with van der Waals surface area (Å²) < 4.78 is 5.74. The van der Waals surface area contributed by atoms with Crippen molar-refractivity contribution >= 4 is 29.6 Å². The number of hydrogen-bond acceptors (Lipinski definition) is 3. The maximum absolute atomic E-state index is 12.6. The molecule has 2 aromatic carbocycles. The first-order valence-electron chi connectivity index (χ1n) is 8.82. The highest BCUT2D eigenvalue weighted by Crippen LogP contribution is 2.20. The fraction of sp³-hybridized carbons (Fsp3) is 0.238. The van der Waals surface area contributed by atoms with E-state index in [1.165, 1.54) is 4.90 Å². The number of benzene rings is 2. The fourth-order valence-electron chi connectivity index (χ4n) is 2.61. The summed E-state index contributed by atoms with van der Waals surface area (Å²) in [6.07, 6.45) is 2.73. The molecule has 0 unspecified atom stereocenters. The highest BCUT2D eigenvalue weighted by Gasteiger charge is 2.33. The van der Waals surface area contributed by atoms with Crippen molar-refractivity contribution in [2.24, 2.45) is 0 Å². The van der Waals surface area contributed by atoms with Gasteiger partial charge in [0, 0.05) is 5.02 Å². The van der Waals surface area contributed by atoms with Crippen LogP contribution in [0.15, 0.2) is 54.2 Å². The first-order valence-corrected chi connectivity index (χ1v) is 9.19. The summed E-state index contributed by atoms with van der Waals surface area (Å²) in [6.45, 7) is 4.27. The van der Waals surface area contributed by atoms with Crippen molar-refractivity contribution in [2.45, 2.75) is 32.9 Å². The zero-order chi connectivity index (χ0) is 19.4. The predicted molar refractivity (Wildman–Crippen MR) is 105 cm³/mol. The molecule has 1 N–H and O–H groups in total. The van der Waals surface area contributed by atoms with Crippen LogP contribution in [0.3, 0.4) is 0 Å². The third-order valence-corrected chi connectivity index (χ3v) is 4.57. The van der Waals surface area contributed by atoms with Crippen LogP contribution >= 0.6 is 11.6 Å². The van der Waals surface area contributed by atoms with E-state index in [-0.39, 0.29) is 24.3 Å². The van der Waals surface area contributed by atoms with E-state index < -0.39 is 6.03 Å². The highest BCUT2D eigenvalue weighted by atomic mass is 35.5. The van der Waals surface area contributed by atoms with E-state index in [4.69, 9.17) is 16.3 Å². The highest BCUT2D eigenvalue weighted by molar-refractivity contribution is 6.30. The smallest absolute Gasteiger partial charge is 0.329 e. The lowest BCUT2D eigenvalue weighted by molar-refractivity contribution is -0.123. The van der Waals surface area contributed by atoms with Gasteiger partial charge in [0.15, 0.2) is 0 Å². The number of imide groups is 1. The molecular formula is C21H21ClN2O3. The predicted octanol–water partition coefficient (Wildman–Crippen LogP) is 4.61. The van der Waals surface area contributed by atoms with Crippen LogP contribution in [0.5, 0.6) is 5.75 Å². The van der Waals surface area contributed by atoms with Crippen LogP contribution in [0.2, 0.25) is 5.02 Å². The van der Waals surface area contributed by atoms with Crippen molar-refractivity contribution in [1.29, 1.82) is 0 Å². The number of urea groups is 1. The Bertz CT molecular complexity index is 860. The Morgan fingerprint density at radius 3 is 2.41 bits per heavy atom. The van der Waals surface area contributed by atoms with Crippen LogP contribution in [0.1, 0.15) is 31.4 Å². The number of halogens is 1. The summed E-state index contributed by atoms with van der Waals surface area (Å²) in [5, 5.41) is 3.24. The Morgan fingerprint density at radius 2 is 1.78 bits per heavy atom. The van der Waals surface area contributed by atoms with Crippen LogP contribution in [0.4, 0.5) is 4.79 Å². The number of carbonyl (C=O) groups is 2. The zero-order valence-corrected chi connectivity index (χ0v) is 16.0. The molecule has 2 aromatic rings. The molecule has 0 saturated carbocycles. The maximum atomic E-state index is 12.6. The lowest BCUT2D eigenvalue weighted by Gasteiger charge is -2.12. The van der Waals surface area contributed by atoms with E-state index in [0.29, 0.717) is 5.02 Å². The third-order valence-electron chi connectivity index (χ3n) is 4.32. The summed E-state index contributed by atoms with van der Waals surface area (Å²) in [5.74, 6) is 0.424. The van der Waals surface area contributed by atoms with Crippen LogP contribution in [0, 0.1) is 0 Å². The number of rotatable bonds is 6. The quantitative estimate of drug-likeness (QED) is 0.584. The van der Waals surface area contributed by atoms with E-state index in [2.05, 4.69) is 12.2 Å². The average molecular weight is 385 g/mol. The van der Waals surface area contributed by atoms with Crippen LogP contribution in [-0.4, -0.2) is 22.9 Å². The molecule has 0 bridgehead atoms. The molecule has 6 heteroatoms. The number of nitrogens with one attached hydrogen (secondary N) is 1. The molecule has 1 saturated heterocycles. The first-order chi connectivity index (χ1) is 13.0. The van der Waals surface area contributed by atoms with E-state index in [0.717, 1.165) is 23.3 Å². The molecule has 1 aliphatic rings. The molecular weight excluding hydrogens is 364 g/mol. The normalized spacial score (nSPS) is 16.6. The summed E-state index contributed by atoms with van der Waals surface area (Å²) in [6, 6.07) is 14.0. The number of ether oxygens (including phenoxy) is 1. The molecule has 0 spiro atoms. The number of nitrogens with zero attached hydrogens (tertiary/aromatic N) is 1. The summed E-state index contributed by atoms with van der Waals surface area (Å²) >= 11 is 5.87. The van der Waals surface area contributed by atoms with E-state index >= 15 is 0 Å². The molecule has 3 rings (SSSR count). The van der Waals surface area contributed by atoms with E-state index in [9.17, 15) is 9.59 Å². The molecule has 1 heterocycles. The molecule has 1 atom stereocenters. The Hall–Kier alpha value is -2.79. The second-order valence-corrected chi connectivity index (χ2v) is 6.85. The van der Waals surface area contributed by atoms with Crippen LogP contribution in [0.25, 0.3) is 6.08 Å². The maximum Gasteiger partial charge on any atom is 0.329 e. The second kappa shape index (κ2) is 8.27. The van der Waals surface area contributed by atoms with Gasteiger partial charge in [0.2, 0.25) is 0 Å². The minimum Gasteiger partial charge on any atom is -0.491 e. The van der Waals surface area contributed by atoms with Gasteiger partial charge in [0.05, 0.1) is 12.6 Å². The fourth-order valence-corrected chi connectivity index (χ4v) is 2.74. The lowest BCUT2D eigenvalue weighted by atomic mass is 10.1. The van der Waals surface area contributed by atoms with Crippen molar-refractivity contribution in [3.05, 3.63) is 70.4 Å². The van der Waals surface area contributed by atoms with Gasteiger partial charge >= 0.3 is 6.03 Å². The molecule has 5 nitrogen and oxygen atoms in total. The molecule has 0 radical (unpaired) electrons. The molecule has 27 heavy (non-hydrogen) atoms. The molecule has 3 amide bonds. The van der Waals surface area contributed by atoms with E-state index in [1.807, 2.05) is 31.2 Å². The first kappa shape index (κ1) is 19.0. The monoisotopic (exact) mass is 384 g/mol. The van der Waals surface area contributed by atoms with Gasteiger partial charge in [-0.1, -0.05) is 42.8 Å². The lowest BCUT2D eigenvalue weighted by Crippen LogP contribution is -2.30. The minimum absolute atomic E-state index is 0.145. The van der Waals surface area contributed by atoms with Crippen molar-refractivity contribution in [1.82, 2.24) is 10.2 Å². The largest absolute Gasteiger partial charge is 0.491 e. The van der Waals surface area contributed by atoms with Gasteiger partial charge in [-0.2, -0.15) is 0 Å². The molecule has 0 aromatic heterocycles. The van der Waals surface area contributed by atoms with Gasteiger partial charge in [-0.15, -0.1) is 0 Å². The molecule has 1 fully saturated rings. The zero-order valence-electron chi connectivity index (χ0n) is 15.2. The van der Waals surface area contributed by atoms with Gasteiger partial charge in [0.1, 0.15) is 11.4 Å². The Labute approximate surface area is 163 Å². The number of hydrogen-bond donors (Lipinski definition) is 1. The van der Waals surface area contributed by atoms with Gasteiger partial charge in [0.25, 0.3) is 5.91 Å². The summed E-state index contributed by atoms with van der Waals surface area (Å²) in [4.78, 5) is 25.9. The van der Waals surface area contributed by atoms with Gasteiger partial charge in [-0.25, -0.2) is 4.79 Å². The van der Waals surface area contributed by atoms with Crippen LogP contribution < -0.4 is 10.1 Å². The van der Waals surface area contributed by atoms with Gasteiger partial charge < -0.3 is 10.1 Å². The third kappa shape index (κ3) is 4.68. The van der Waals surface area contributed by atoms with Crippen molar-refractivity contribution < 1.29 is 14.3 Å². The summed E-state index contributed by atoms with van der Waals surface area (Å²) in [5.41, 5.74) is 1.89. The summed E-state index contributed by atoms with van der Waals surface area (Å²) in [7, 11) is 0. The van der Waals surface area contributed by atoms with Gasteiger partial charge in [-0.05, 0) is 54.8 Å². The number of amides is 3. The molecule has 140 valence electrons. The standard InChI is InChI=1S/C21H21ClN2O3/c1-3-14(2)27-18-10-6-15(7-11-18)12-19-20(25)24(21(26)23-19)13-16-4-8-17(22)9-5-16/h4-12,14H,3,13H2,1-2H3,(H,23,26)/b19-12+/t14-/m1/s1. The van der Waals surface area contributed by atoms with Crippen molar-refractivity contribution in [2.75, 3.05) is 0 Å². The topological polar surface area (TPSA) is 58.6 Å². The van der Waals surface area contributed by atoms with E-state index in [1.54, 1.807) is 30.3 Å². The van der Waals surface area contributed by atoms with Crippen LogP contribution in [-0.2, 0) is 11.3 Å². The van der Waals surface area contributed by atoms with Crippen molar-refractivity contribution in [3.63, 3.8) is 0 Å². The minimum atomic E-state index is -0.432. The average Bonchev–Trinajstić information content (AvgIpc) is 2.92. The van der Waals surface area contributed by atoms with Crippen molar-refractivity contribution in [3.8, 4) is 5.75 Å². The van der Waals surface area contributed by atoms with Gasteiger partial charge in [-0.3, -0.25) is 9.69 Å². The SMILES string of the molecule is CC[C@@H](C)Oc1ccc(/C=C2/NC(=O)N(Cc3ccc(Cl)cc3)C2=O)cc1. The second-order valence-electron chi connectivity index (χ2n) is 6.41. The number of carbonyl (C=O) groups excluding carboxylic acids is 2. The Balaban J connectivity index is 1.71. The Kier molecular flexibility index (Phi) is 5.81. The molecule has 0 aliphatic carbocycles. The Morgan fingerprint density at radius 1 is 1.11 bits per heavy atom.